The Balaban J connectivity index is 1.62. The smallest absolute Gasteiger partial charge is 0.122 e. The number of fused-ring (bicyclic) bond motifs is 1. The molecule has 3 aromatic carbocycles. The van der Waals surface area contributed by atoms with Crippen molar-refractivity contribution in [2.75, 3.05) is 18.5 Å². The highest BCUT2D eigenvalue weighted by molar-refractivity contribution is 5.93. The van der Waals surface area contributed by atoms with Gasteiger partial charge in [0.25, 0.3) is 0 Å². The SMILES string of the molecule is CC(C)c1ccccc1OCCNc1cccc2ccccc12. The molecule has 0 heterocycles. The Morgan fingerprint density at radius 2 is 1.61 bits per heavy atom. The molecule has 0 unspecified atom stereocenters. The Morgan fingerprint density at radius 3 is 2.48 bits per heavy atom. The van der Waals surface area contributed by atoms with Gasteiger partial charge in [0.05, 0.1) is 0 Å². The second-order valence-electron chi connectivity index (χ2n) is 5.99. The fraction of sp³-hybridized carbons (Fsp3) is 0.238. The van der Waals surface area contributed by atoms with Crippen molar-refractivity contribution in [3.05, 3.63) is 72.3 Å². The maximum absolute atomic E-state index is 5.97. The number of hydrogen-bond donors (Lipinski definition) is 1. The molecule has 0 spiro atoms. The van der Waals surface area contributed by atoms with Gasteiger partial charge in [-0.25, -0.2) is 0 Å². The molecule has 3 rings (SSSR count). The topological polar surface area (TPSA) is 21.3 Å². The fourth-order valence-electron chi connectivity index (χ4n) is 2.82. The first-order valence-corrected chi connectivity index (χ1v) is 8.19. The monoisotopic (exact) mass is 305 g/mol. The fourth-order valence-corrected chi connectivity index (χ4v) is 2.82. The van der Waals surface area contributed by atoms with Gasteiger partial charge in [-0.1, -0.05) is 68.4 Å². The third-order valence-electron chi connectivity index (χ3n) is 4.01. The number of hydrogen-bond acceptors (Lipinski definition) is 2. The third-order valence-corrected chi connectivity index (χ3v) is 4.01. The van der Waals surface area contributed by atoms with E-state index in [0.29, 0.717) is 12.5 Å². The molecule has 2 nitrogen and oxygen atoms in total. The van der Waals surface area contributed by atoms with E-state index in [4.69, 9.17) is 4.74 Å². The van der Waals surface area contributed by atoms with Crippen molar-refractivity contribution in [1.29, 1.82) is 0 Å². The molecule has 0 aliphatic heterocycles. The van der Waals surface area contributed by atoms with Gasteiger partial charge in [-0.05, 0) is 29.0 Å². The molecule has 0 atom stereocenters. The lowest BCUT2D eigenvalue weighted by Gasteiger charge is -2.15. The Bertz CT molecular complexity index is 774. The minimum Gasteiger partial charge on any atom is -0.491 e. The number of anilines is 1. The van der Waals surface area contributed by atoms with Crippen molar-refractivity contribution in [2.45, 2.75) is 19.8 Å². The van der Waals surface area contributed by atoms with Gasteiger partial charge < -0.3 is 10.1 Å². The van der Waals surface area contributed by atoms with Crippen molar-refractivity contribution >= 4 is 16.5 Å². The first-order valence-electron chi connectivity index (χ1n) is 8.19. The van der Waals surface area contributed by atoms with Crippen LogP contribution < -0.4 is 10.1 Å². The summed E-state index contributed by atoms with van der Waals surface area (Å²) in [5.41, 5.74) is 2.42. The molecule has 0 aliphatic rings. The lowest BCUT2D eigenvalue weighted by Crippen LogP contribution is -2.12. The Kier molecular flexibility index (Phi) is 4.82. The summed E-state index contributed by atoms with van der Waals surface area (Å²) in [6.07, 6.45) is 0. The summed E-state index contributed by atoms with van der Waals surface area (Å²) >= 11 is 0. The van der Waals surface area contributed by atoms with Gasteiger partial charge in [0, 0.05) is 17.6 Å². The molecule has 118 valence electrons. The van der Waals surface area contributed by atoms with E-state index < -0.39 is 0 Å². The lowest BCUT2D eigenvalue weighted by molar-refractivity contribution is 0.328. The van der Waals surface area contributed by atoms with Crippen LogP contribution in [0.25, 0.3) is 10.8 Å². The molecule has 2 heteroatoms. The minimum atomic E-state index is 0.470. The van der Waals surface area contributed by atoms with Crippen LogP contribution in [0.3, 0.4) is 0 Å². The lowest BCUT2D eigenvalue weighted by atomic mass is 10.0. The van der Waals surface area contributed by atoms with E-state index >= 15 is 0 Å². The molecule has 0 radical (unpaired) electrons. The molecule has 0 bridgehead atoms. The van der Waals surface area contributed by atoms with E-state index in [0.717, 1.165) is 18.0 Å². The average Bonchev–Trinajstić information content (AvgIpc) is 2.59. The van der Waals surface area contributed by atoms with Crippen molar-refractivity contribution in [2.24, 2.45) is 0 Å². The van der Waals surface area contributed by atoms with Gasteiger partial charge in [0.1, 0.15) is 12.4 Å². The average molecular weight is 305 g/mol. The van der Waals surface area contributed by atoms with Crippen LogP contribution in [0.4, 0.5) is 5.69 Å². The van der Waals surface area contributed by atoms with Crippen LogP contribution >= 0.6 is 0 Å². The van der Waals surface area contributed by atoms with Gasteiger partial charge in [0.2, 0.25) is 0 Å². The summed E-state index contributed by atoms with van der Waals surface area (Å²) in [5, 5.41) is 5.98. The molecule has 0 aliphatic carbocycles. The second kappa shape index (κ2) is 7.19. The quantitative estimate of drug-likeness (QED) is 0.611. The van der Waals surface area contributed by atoms with Gasteiger partial charge in [-0.2, -0.15) is 0 Å². The number of ether oxygens (including phenoxy) is 1. The summed E-state index contributed by atoms with van der Waals surface area (Å²) in [5.74, 6) is 1.46. The van der Waals surface area contributed by atoms with E-state index in [1.165, 1.54) is 16.3 Å². The van der Waals surface area contributed by atoms with Crippen molar-refractivity contribution in [3.63, 3.8) is 0 Å². The predicted octanol–water partition coefficient (Wildman–Crippen LogP) is 5.45. The molecule has 3 aromatic rings. The summed E-state index contributed by atoms with van der Waals surface area (Å²) in [4.78, 5) is 0. The van der Waals surface area contributed by atoms with Gasteiger partial charge in [0.15, 0.2) is 0 Å². The van der Waals surface area contributed by atoms with E-state index in [2.05, 4.69) is 73.8 Å². The van der Waals surface area contributed by atoms with Gasteiger partial charge >= 0.3 is 0 Å². The molecule has 0 amide bonds. The van der Waals surface area contributed by atoms with Gasteiger partial charge in [-0.15, -0.1) is 0 Å². The maximum atomic E-state index is 5.97. The summed E-state index contributed by atoms with van der Waals surface area (Å²) in [6, 6.07) is 23.0. The molecule has 0 saturated carbocycles. The zero-order chi connectivity index (χ0) is 16.1. The highest BCUT2D eigenvalue weighted by atomic mass is 16.5. The standard InChI is InChI=1S/C21H23NO/c1-16(2)18-10-5-6-13-21(18)23-15-14-22-20-12-7-9-17-8-3-4-11-19(17)20/h3-13,16,22H,14-15H2,1-2H3. The van der Waals surface area contributed by atoms with Crippen LogP contribution in [0.5, 0.6) is 5.75 Å². The van der Waals surface area contributed by atoms with Gasteiger partial charge in [-0.3, -0.25) is 0 Å². The summed E-state index contributed by atoms with van der Waals surface area (Å²) in [7, 11) is 0. The Labute approximate surface area is 138 Å². The maximum Gasteiger partial charge on any atom is 0.122 e. The number of rotatable bonds is 6. The zero-order valence-corrected chi connectivity index (χ0v) is 13.8. The predicted molar refractivity (Wildman–Crippen MR) is 98.5 cm³/mol. The Morgan fingerprint density at radius 1 is 0.870 bits per heavy atom. The van der Waals surface area contributed by atoms with Crippen LogP contribution in [-0.2, 0) is 0 Å². The highest BCUT2D eigenvalue weighted by Crippen LogP contribution is 2.26. The zero-order valence-electron chi connectivity index (χ0n) is 13.8. The first-order chi connectivity index (χ1) is 11.3. The van der Waals surface area contributed by atoms with Crippen molar-refractivity contribution < 1.29 is 4.74 Å². The normalized spacial score (nSPS) is 10.9. The minimum absolute atomic E-state index is 0.470. The van der Waals surface area contributed by atoms with Crippen LogP contribution in [0, 0.1) is 0 Å². The van der Waals surface area contributed by atoms with Crippen molar-refractivity contribution in [3.8, 4) is 5.75 Å². The largest absolute Gasteiger partial charge is 0.491 e. The molecule has 0 saturated heterocycles. The van der Waals surface area contributed by atoms with Crippen LogP contribution in [0.15, 0.2) is 66.7 Å². The molecule has 0 fully saturated rings. The molecule has 23 heavy (non-hydrogen) atoms. The van der Waals surface area contributed by atoms with Crippen molar-refractivity contribution in [1.82, 2.24) is 0 Å². The first kappa shape index (κ1) is 15.4. The van der Waals surface area contributed by atoms with E-state index in [1.54, 1.807) is 0 Å². The molecular weight excluding hydrogens is 282 g/mol. The Hall–Kier alpha value is -2.48. The molecule has 1 N–H and O–H groups in total. The second-order valence-corrected chi connectivity index (χ2v) is 5.99. The number of benzene rings is 3. The summed E-state index contributed by atoms with van der Waals surface area (Å²) in [6.45, 7) is 5.81. The molecule has 0 aromatic heterocycles. The summed E-state index contributed by atoms with van der Waals surface area (Å²) < 4.78 is 5.97. The number of para-hydroxylation sites is 1. The number of nitrogens with one attached hydrogen (secondary N) is 1. The van der Waals surface area contributed by atoms with E-state index in [-0.39, 0.29) is 0 Å². The van der Waals surface area contributed by atoms with Crippen LogP contribution in [0.2, 0.25) is 0 Å². The van der Waals surface area contributed by atoms with E-state index in [1.807, 2.05) is 12.1 Å². The highest BCUT2D eigenvalue weighted by Gasteiger charge is 2.06. The van der Waals surface area contributed by atoms with Crippen LogP contribution in [0.1, 0.15) is 25.3 Å². The third kappa shape index (κ3) is 3.65. The van der Waals surface area contributed by atoms with Crippen LogP contribution in [-0.4, -0.2) is 13.2 Å². The molecular formula is C21H23NO. The van der Waals surface area contributed by atoms with E-state index in [9.17, 15) is 0 Å².